The summed E-state index contributed by atoms with van der Waals surface area (Å²) >= 11 is 0. The highest BCUT2D eigenvalue weighted by Gasteiger charge is 2.34. The molecule has 2 aliphatic rings. The fraction of sp³-hybridized carbons (Fsp3) is 0.706. The van der Waals surface area contributed by atoms with E-state index in [0.717, 1.165) is 51.0 Å². The summed E-state index contributed by atoms with van der Waals surface area (Å²) in [5, 5.41) is 0. The molecular formula is C17H25N3O2. The summed E-state index contributed by atoms with van der Waals surface area (Å²) in [4.78, 5) is 30.6. The summed E-state index contributed by atoms with van der Waals surface area (Å²) in [5.41, 5.74) is 0.890. The minimum atomic E-state index is 0.0372. The second-order valence-electron chi connectivity index (χ2n) is 7.00. The lowest BCUT2D eigenvalue weighted by Gasteiger charge is -2.32. The van der Waals surface area contributed by atoms with E-state index in [4.69, 9.17) is 0 Å². The molecule has 120 valence electrons. The summed E-state index contributed by atoms with van der Waals surface area (Å²) in [7, 11) is 0. The topological polar surface area (TPSA) is 55.2 Å². The number of amides is 1. The van der Waals surface area contributed by atoms with Crippen LogP contribution in [0.3, 0.4) is 0 Å². The minimum absolute atomic E-state index is 0.0372. The average molecular weight is 303 g/mol. The van der Waals surface area contributed by atoms with E-state index in [1.54, 1.807) is 17.0 Å². The lowest BCUT2D eigenvalue weighted by atomic mass is 9.96. The Morgan fingerprint density at radius 1 is 1.27 bits per heavy atom. The molecule has 0 bridgehead atoms. The molecule has 2 fully saturated rings. The molecule has 0 aromatic carbocycles. The maximum Gasteiger partial charge on any atom is 0.253 e. The van der Waals surface area contributed by atoms with E-state index >= 15 is 0 Å². The van der Waals surface area contributed by atoms with Crippen LogP contribution in [-0.4, -0.2) is 33.4 Å². The molecular weight excluding hydrogens is 278 g/mol. The highest BCUT2D eigenvalue weighted by Crippen LogP contribution is 2.32. The van der Waals surface area contributed by atoms with Gasteiger partial charge in [-0.05, 0) is 37.5 Å². The van der Waals surface area contributed by atoms with Gasteiger partial charge in [-0.15, -0.1) is 0 Å². The molecule has 1 aliphatic heterocycles. The van der Waals surface area contributed by atoms with Crippen molar-refractivity contribution in [2.24, 2.45) is 11.8 Å². The van der Waals surface area contributed by atoms with E-state index in [2.05, 4.69) is 4.98 Å². The van der Waals surface area contributed by atoms with E-state index in [9.17, 15) is 9.59 Å². The molecule has 1 aromatic heterocycles. The van der Waals surface area contributed by atoms with Crippen LogP contribution in [0.15, 0.2) is 17.2 Å². The Hall–Kier alpha value is -1.65. The van der Waals surface area contributed by atoms with Crippen molar-refractivity contribution >= 4 is 5.91 Å². The van der Waals surface area contributed by atoms with Gasteiger partial charge < -0.3 is 4.90 Å². The molecule has 1 saturated carbocycles. The van der Waals surface area contributed by atoms with Crippen molar-refractivity contribution in [3.63, 3.8) is 0 Å². The van der Waals surface area contributed by atoms with Crippen LogP contribution in [0, 0.1) is 11.8 Å². The fourth-order valence-corrected chi connectivity index (χ4v) is 3.10. The zero-order chi connectivity index (χ0) is 15.7. The normalized spacial score (nSPS) is 19.7. The summed E-state index contributed by atoms with van der Waals surface area (Å²) in [6.45, 7) is 6.48. The summed E-state index contributed by atoms with van der Waals surface area (Å²) in [6, 6.07) is 1.65. The Bertz CT molecular complexity index is 596. The molecule has 1 amide bonds. The van der Waals surface area contributed by atoms with Gasteiger partial charge in [-0.2, -0.15) is 0 Å². The molecule has 3 rings (SSSR count). The number of carbonyl (C=O) groups is 1. The standard InChI is InChI=1S/C17H25N3O2/c1-12(2)15-9-16(21)20(11-18-15)10-13-5-7-19(8-6-13)17(22)14-3-4-14/h9,11-14H,3-8,10H2,1-2H3. The zero-order valence-corrected chi connectivity index (χ0v) is 13.5. The molecule has 1 aliphatic carbocycles. The second-order valence-corrected chi connectivity index (χ2v) is 7.00. The van der Waals surface area contributed by atoms with Crippen LogP contribution in [-0.2, 0) is 11.3 Å². The van der Waals surface area contributed by atoms with Gasteiger partial charge in [0.25, 0.3) is 5.56 Å². The number of hydrogen-bond donors (Lipinski definition) is 0. The van der Waals surface area contributed by atoms with Crippen molar-refractivity contribution in [2.45, 2.75) is 52.0 Å². The van der Waals surface area contributed by atoms with Crippen LogP contribution in [0.1, 0.15) is 51.1 Å². The van der Waals surface area contributed by atoms with Crippen LogP contribution in [0.25, 0.3) is 0 Å². The monoisotopic (exact) mass is 303 g/mol. The van der Waals surface area contributed by atoms with Gasteiger partial charge in [-0.1, -0.05) is 13.8 Å². The minimum Gasteiger partial charge on any atom is -0.342 e. The van der Waals surface area contributed by atoms with Crippen LogP contribution < -0.4 is 5.56 Å². The number of nitrogens with zero attached hydrogens (tertiary/aromatic N) is 3. The van der Waals surface area contributed by atoms with Crippen LogP contribution in [0.5, 0.6) is 0 Å². The van der Waals surface area contributed by atoms with Gasteiger partial charge in [0.15, 0.2) is 0 Å². The van der Waals surface area contributed by atoms with Crippen LogP contribution in [0.4, 0.5) is 0 Å². The Morgan fingerprint density at radius 3 is 2.50 bits per heavy atom. The first-order chi connectivity index (χ1) is 10.5. The Morgan fingerprint density at radius 2 is 1.95 bits per heavy atom. The second kappa shape index (κ2) is 6.23. The van der Waals surface area contributed by atoms with Gasteiger partial charge in [-0.3, -0.25) is 14.2 Å². The molecule has 5 nitrogen and oxygen atoms in total. The number of piperidine rings is 1. The Labute approximate surface area is 131 Å². The zero-order valence-electron chi connectivity index (χ0n) is 13.5. The molecule has 0 N–H and O–H groups in total. The molecule has 0 radical (unpaired) electrons. The summed E-state index contributed by atoms with van der Waals surface area (Å²) < 4.78 is 1.72. The molecule has 1 saturated heterocycles. The Balaban J connectivity index is 1.56. The first-order valence-electron chi connectivity index (χ1n) is 8.39. The van der Waals surface area contributed by atoms with Crippen LogP contribution >= 0.6 is 0 Å². The fourth-order valence-electron chi connectivity index (χ4n) is 3.10. The molecule has 0 spiro atoms. The molecule has 2 heterocycles. The highest BCUT2D eigenvalue weighted by molar-refractivity contribution is 5.81. The third-order valence-electron chi connectivity index (χ3n) is 4.80. The first-order valence-corrected chi connectivity index (χ1v) is 8.39. The van der Waals surface area contributed by atoms with E-state index in [1.807, 2.05) is 18.7 Å². The largest absolute Gasteiger partial charge is 0.342 e. The van der Waals surface area contributed by atoms with Crippen LogP contribution in [0.2, 0.25) is 0 Å². The predicted molar refractivity (Wildman–Crippen MR) is 84.6 cm³/mol. The molecule has 1 aromatic rings. The van der Waals surface area contributed by atoms with E-state index in [-0.39, 0.29) is 11.5 Å². The Kier molecular flexibility index (Phi) is 4.32. The molecule has 5 heteroatoms. The smallest absolute Gasteiger partial charge is 0.253 e. The van der Waals surface area contributed by atoms with Crippen molar-refractivity contribution in [1.82, 2.24) is 14.5 Å². The molecule has 0 atom stereocenters. The number of hydrogen-bond acceptors (Lipinski definition) is 3. The van der Waals surface area contributed by atoms with Crippen molar-refractivity contribution in [3.05, 3.63) is 28.4 Å². The lowest BCUT2D eigenvalue weighted by Crippen LogP contribution is -2.40. The molecule has 22 heavy (non-hydrogen) atoms. The predicted octanol–water partition coefficient (Wildman–Crippen LogP) is 2.02. The maximum atomic E-state index is 12.1. The SMILES string of the molecule is CC(C)c1cc(=O)n(CC2CCN(C(=O)C3CC3)CC2)cn1. The first kappa shape index (κ1) is 15.3. The van der Waals surface area contributed by atoms with E-state index in [1.165, 1.54) is 0 Å². The number of aromatic nitrogens is 2. The van der Waals surface area contributed by atoms with Crippen molar-refractivity contribution in [2.75, 3.05) is 13.1 Å². The third-order valence-corrected chi connectivity index (χ3v) is 4.80. The average Bonchev–Trinajstić information content (AvgIpc) is 3.34. The van der Waals surface area contributed by atoms with Crippen molar-refractivity contribution in [1.29, 1.82) is 0 Å². The summed E-state index contributed by atoms with van der Waals surface area (Å²) in [5.74, 6) is 1.40. The van der Waals surface area contributed by atoms with Gasteiger partial charge in [0.2, 0.25) is 5.91 Å². The summed E-state index contributed by atoms with van der Waals surface area (Å²) in [6.07, 6.45) is 5.79. The number of carbonyl (C=O) groups excluding carboxylic acids is 1. The van der Waals surface area contributed by atoms with Gasteiger partial charge in [-0.25, -0.2) is 4.98 Å². The van der Waals surface area contributed by atoms with E-state index in [0.29, 0.717) is 17.7 Å². The molecule has 0 unspecified atom stereocenters. The maximum absolute atomic E-state index is 12.1. The van der Waals surface area contributed by atoms with Gasteiger partial charge in [0.05, 0.1) is 12.0 Å². The van der Waals surface area contributed by atoms with Crippen molar-refractivity contribution < 1.29 is 4.79 Å². The number of rotatable bonds is 4. The van der Waals surface area contributed by atoms with Crippen molar-refractivity contribution in [3.8, 4) is 0 Å². The number of likely N-dealkylation sites (tertiary alicyclic amines) is 1. The van der Waals surface area contributed by atoms with Gasteiger partial charge in [0.1, 0.15) is 0 Å². The third kappa shape index (κ3) is 3.39. The highest BCUT2D eigenvalue weighted by atomic mass is 16.2. The van der Waals surface area contributed by atoms with E-state index < -0.39 is 0 Å². The van der Waals surface area contributed by atoms with Gasteiger partial charge >= 0.3 is 0 Å². The quantitative estimate of drug-likeness (QED) is 0.855. The van der Waals surface area contributed by atoms with Gasteiger partial charge in [0, 0.05) is 31.6 Å². The lowest BCUT2D eigenvalue weighted by molar-refractivity contribution is -0.134.